The molecule has 4 nitrogen and oxygen atoms in total. The Balaban J connectivity index is 1.79. The monoisotopic (exact) mass is 340 g/mol. The lowest BCUT2D eigenvalue weighted by molar-refractivity contribution is -0.115. The van der Waals surface area contributed by atoms with Gasteiger partial charge in [-0.3, -0.25) is 4.79 Å². The third kappa shape index (κ3) is 3.29. The van der Waals surface area contributed by atoms with Gasteiger partial charge in [-0.25, -0.2) is 0 Å². The fourth-order valence-electron chi connectivity index (χ4n) is 3.15. The van der Waals surface area contributed by atoms with Crippen LogP contribution in [0.15, 0.2) is 24.3 Å². The fraction of sp³-hybridized carbons (Fsp3) is 0.368. The van der Waals surface area contributed by atoms with Gasteiger partial charge in [-0.05, 0) is 36.8 Å². The molecule has 1 aliphatic rings. The second-order valence-electron chi connectivity index (χ2n) is 6.20. The molecule has 0 fully saturated rings. The number of benzene rings is 1. The van der Waals surface area contributed by atoms with Crippen LogP contribution in [0.1, 0.15) is 34.9 Å². The maximum Gasteiger partial charge on any atom is 0.229 e. The molecule has 0 saturated heterocycles. The fourth-order valence-corrected chi connectivity index (χ4v) is 4.53. The van der Waals surface area contributed by atoms with Crippen LogP contribution in [0.3, 0.4) is 0 Å². The number of nitriles is 1. The number of methoxy groups -OCH3 is 1. The molecule has 1 atom stereocenters. The van der Waals surface area contributed by atoms with E-state index in [0.29, 0.717) is 22.2 Å². The van der Waals surface area contributed by atoms with E-state index >= 15 is 0 Å². The average molecular weight is 340 g/mol. The summed E-state index contributed by atoms with van der Waals surface area (Å²) >= 11 is 1.55. The number of hydrogen-bond acceptors (Lipinski definition) is 4. The van der Waals surface area contributed by atoms with E-state index in [1.807, 2.05) is 24.3 Å². The van der Waals surface area contributed by atoms with Gasteiger partial charge in [0.05, 0.1) is 19.1 Å². The minimum Gasteiger partial charge on any atom is -0.496 e. The van der Waals surface area contributed by atoms with Crippen LogP contribution in [0.5, 0.6) is 5.75 Å². The third-order valence-electron chi connectivity index (χ3n) is 4.42. The molecule has 1 N–H and O–H groups in total. The summed E-state index contributed by atoms with van der Waals surface area (Å²) in [7, 11) is 1.60. The van der Waals surface area contributed by atoms with Crippen molar-refractivity contribution in [2.24, 2.45) is 5.92 Å². The van der Waals surface area contributed by atoms with Crippen molar-refractivity contribution in [1.82, 2.24) is 0 Å². The number of para-hydroxylation sites is 1. The summed E-state index contributed by atoms with van der Waals surface area (Å²) < 4.78 is 5.29. The zero-order valence-corrected chi connectivity index (χ0v) is 14.7. The molecule has 1 aromatic carbocycles. The first-order valence-electron chi connectivity index (χ1n) is 8.08. The molecule has 0 aliphatic heterocycles. The Labute approximate surface area is 146 Å². The second kappa shape index (κ2) is 7.06. The molecule has 1 aromatic heterocycles. The van der Waals surface area contributed by atoms with Gasteiger partial charge >= 0.3 is 0 Å². The van der Waals surface area contributed by atoms with Crippen molar-refractivity contribution in [3.63, 3.8) is 0 Å². The summed E-state index contributed by atoms with van der Waals surface area (Å²) in [5.41, 5.74) is 2.62. The van der Waals surface area contributed by atoms with Crippen molar-refractivity contribution in [2.75, 3.05) is 12.4 Å². The minimum absolute atomic E-state index is 0.123. The van der Waals surface area contributed by atoms with Crippen molar-refractivity contribution >= 4 is 22.2 Å². The lowest BCUT2D eigenvalue weighted by Crippen LogP contribution is -2.15. The van der Waals surface area contributed by atoms with E-state index in [1.54, 1.807) is 18.4 Å². The maximum atomic E-state index is 12.4. The highest BCUT2D eigenvalue weighted by atomic mass is 32.1. The molecule has 0 unspecified atom stereocenters. The van der Waals surface area contributed by atoms with Crippen LogP contribution in [0, 0.1) is 17.2 Å². The Hall–Kier alpha value is -2.32. The summed E-state index contributed by atoms with van der Waals surface area (Å²) in [6, 6.07) is 9.77. The molecule has 24 heavy (non-hydrogen) atoms. The number of nitrogens with zero attached hydrogens (tertiary/aromatic N) is 1. The van der Waals surface area contributed by atoms with Gasteiger partial charge in [-0.15, -0.1) is 11.3 Å². The predicted molar refractivity (Wildman–Crippen MR) is 95.6 cm³/mol. The molecule has 0 saturated carbocycles. The Morgan fingerprint density at radius 2 is 2.25 bits per heavy atom. The standard InChI is InChI=1S/C19H20N2O2S/c1-12-7-8-14-15(11-20)19(24-17(14)9-12)21-18(22)10-13-5-3-4-6-16(13)23-2/h3-6,12H,7-10H2,1-2H3,(H,21,22)/t12-/m1/s1. The van der Waals surface area contributed by atoms with Gasteiger partial charge in [0.2, 0.25) is 5.91 Å². The number of rotatable bonds is 4. The Morgan fingerprint density at radius 1 is 1.46 bits per heavy atom. The number of amides is 1. The summed E-state index contributed by atoms with van der Waals surface area (Å²) in [5.74, 6) is 1.22. The van der Waals surface area contributed by atoms with Crippen molar-refractivity contribution in [1.29, 1.82) is 5.26 Å². The molecule has 0 radical (unpaired) electrons. The first-order chi connectivity index (χ1) is 11.6. The van der Waals surface area contributed by atoms with Gasteiger partial charge in [0.15, 0.2) is 0 Å². The predicted octanol–water partition coefficient (Wildman–Crippen LogP) is 3.93. The number of ether oxygens (including phenoxy) is 1. The highest BCUT2D eigenvalue weighted by Crippen LogP contribution is 2.39. The topological polar surface area (TPSA) is 62.1 Å². The molecule has 1 aliphatic carbocycles. The van der Waals surface area contributed by atoms with Crippen LogP contribution in [0.4, 0.5) is 5.00 Å². The quantitative estimate of drug-likeness (QED) is 0.917. The first-order valence-corrected chi connectivity index (χ1v) is 8.90. The van der Waals surface area contributed by atoms with E-state index in [4.69, 9.17) is 4.74 Å². The van der Waals surface area contributed by atoms with Crippen LogP contribution >= 0.6 is 11.3 Å². The molecule has 0 spiro atoms. The summed E-state index contributed by atoms with van der Waals surface area (Å²) in [4.78, 5) is 13.7. The second-order valence-corrected chi connectivity index (χ2v) is 7.31. The molecule has 5 heteroatoms. The van der Waals surface area contributed by atoms with Gasteiger partial charge in [0.1, 0.15) is 16.8 Å². The van der Waals surface area contributed by atoms with Gasteiger partial charge in [-0.2, -0.15) is 5.26 Å². The molecule has 2 aromatic rings. The van der Waals surface area contributed by atoms with Crippen LogP contribution in [0.25, 0.3) is 0 Å². The van der Waals surface area contributed by atoms with E-state index in [1.165, 1.54) is 4.88 Å². The van der Waals surface area contributed by atoms with E-state index in [-0.39, 0.29) is 12.3 Å². The lowest BCUT2D eigenvalue weighted by atomic mass is 9.88. The number of carbonyl (C=O) groups excluding carboxylic acids is 1. The summed E-state index contributed by atoms with van der Waals surface area (Å²) in [6.07, 6.45) is 3.26. The Kier molecular flexibility index (Phi) is 4.86. The largest absolute Gasteiger partial charge is 0.496 e. The number of hydrogen-bond donors (Lipinski definition) is 1. The molecular formula is C19H20N2O2S. The Bertz CT molecular complexity index is 804. The van der Waals surface area contributed by atoms with Crippen molar-refractivity contribution in [2.45, 2.75) is 32.6 Å². The number of fused-ring (bicyclic) bond motifs is 1. The van der Waals surface area contributed by atoms with E-state index in [9.17, 15) is 10.1 Å². The van der Waals surface area contributed by atoms with Crippen LogP contribution < -0.4 is 10.1 Å². The van der Waals surface area contributed by atoms with Gasteiger partial charge < -0.3 is 10.1 Å². The summed E-state index contributed by atoms with van der Waals surface area (Å²) in [5, 5.41) is 13.1. The zero-order valence-electron chi connectivity index (χ0n) is 13.9. The van der Waals surface area contributed by atoms with E-state index in [0.717, 1.165) is 30.4 Å². The molecular weight excluding hydrogens is 320 g/mol. The molecule has 0 bridgehead atoms. The molecule has 124 valence electrons. The van der Waals surface area contributed by atoms with Crippen molar-refractivity contribution < 1.29 is 9.53 Å². The van der Waals surface area contributed by atoms with Gasteiger partial charge in [0.25, 0.3) is 0 Å². The SMILES string of the molecule is COc1ccccc1CC(=O)Nc1sc2c(c1C#N)CC[C@@H](C)C2. The lowest BCUT2D eigenvalue weighted by Gasteiger charge is -2.17. The number of carbonyl (C=O) groups is 1. The highest BCUT2D eigenvalue weighted by molar-refractivity contribution is 7.16. The Morgan fingerprint density at radius 3 is 3.00 bits per heavy atom. The number of thiophene rings is 1. The first kappa shape index (κ1) is 16.5. The highest BCUT2D eigenvalue weighted by Gasteiger charge is 2.24. The van der Waals surface area contributed by atoms with E-state index < -0.39 is 0 Å². The van der Waals surface area contributed by atoms with Crippen LogP contribution in [-0.2, 0) is 24.1 Å². The maximum absolute atomic E-state index is 12.4. The van der Waals surface area contributed by atoms with Crippen molar-refractivity contribution in [3.8, 4) is 11.8 Å². The smallest absolute Gasteiger partial charge is 0.229 e. The van der Waals surface area contributed by atoms with Crippen LogP contribution in [-0.4, -0.2) is 13.0 Å². The van der Waals surface area contributed by atoms with Crippen molar-refractivity contribution in [3.05, 3.63) is 45.8 Å². The minimum atomic E-state index is -0.123. The molecule has 1 amide bonds. The van der Waals surface area contributed by atoms with E-state index in [2.05, 4.69) is 18.3 Å². The number of nitrogens with one attached hydrogen (secondary N) is 1. The van der Waals surface area contributed by atoms with Gasteiger partial charge in [0, 0.05) is 10.4 Å². The number of anilines is 1. The molecule has 3 rings (SSSR count). The average Bonchev–Trinajstić information content (AvgIpc) is 2.91. The van der Waals surface area contributed by atoms with Crippen LogP contribution in [0.2, 0.25) is 0 Å². The third-order valence-corrected chi connectivity index (χ3v) is 5.59. The molecule has 1 heterocycles. The summed E-state index contributed by atoms with van der Waals surface area (Å²) in [6.45, 7) is 2.23. The zero-order chi connectivity index (χ0) is 17.1. The normalized spacial score (nSPS) is 16.1. The van der Waals surface area contributed by atoms with Gasteiger partial charge in [-0.1, -0.05) is 25.1 Å².